The predicted octanol–water partition coefficient (Wildman–Crippen LogP) is 3.15. The van der Waals surface area contributed by atoms with E-state index in [1.54, 1.807) is 0 Å². The van der Waals surface area contributed by atoms with Crippen LogP contribution < -0.4 is 5.32 Å². The van der Waals surface area contributed by atoms with Crippen molar-refractivity contribution >= 4 is 5.91 Å². The van der Waals surface area contributed by atoms with E-state index in [0.29, 0.717) is 11.9 Å². The summed E-state index contributed by atoms with van der Waals surface area (Å²) in [6.45, 7) is 11.0. The molecule has 5 atom stereocenters. The third-order valence-electron chi connectivity index (χ3n) is 5.59. The van der Waals surface area contributed by atoms with Crippen LogP contribution in [0.25, 0.3) is 0 Å². The molecule has 1 amide bonds. The van der Waals surface area contributed by atoms with Crippen molar-refractivity contribution in [1.82, 2.24) is 10.2 Å². The Morgan fingerprint density at radius 3 is 2.47 bits per heavy atom. The molecule has 0 spiro atoms. The average molecular weight is 266 g/mol. The highest BCUT2D eigenvalue weighted by molar-refractivity contribution is 5.88. The number of carbonyl (C=O) groups is 1. The average Bonchev–Trinajstić information content (AvgIpc) is 2.66. The molecule has 2 aliphatic rings. The highest BCUT2D eigenvalue weighted by Crippen LogP contribution is 2.36. The van der Waals surface area contributed by atoms with Gasteiger partial charge in [-0.25, -0.2) is 0 Å². The van der Waals surface area contributed by atoms with Crippen molar-refractivity contribution in [3.05, 3.63) is 0 Å². The normalized spacial score (nSPS) is 43.8. The van der Waals surface area contributed by atoms with Gasteiger partial charge in [0.25, 0.3) is 0 Å². The van der Waals surface area contributed by atoms with Crippen molar-refractivity contribution in [2.75, 3.05) is 0 Å². The highest BCUT2D eigenvalue weighted by Gasteiger charge is 2.49. The first kappa shape index (κ1) is 14.8. The van der Waals surface area contributed by atoms with Crippen LogP contribution in [-0.4, -0.2) is 28.6 Å². The lowest BCUT2D eigenvalue weighted by atomic mass is 9.78. The Labute approximate surface area is 118 Å². The van der Waals surface area contributed by atoms with Crippen LogP contribution in [0.5, 0.6) is 0 Å². The Kier molecular flexibility index (Phi) is 4.24. The molecular formula is C16H30N2O. The Bertz CT molecular complexity index is 344. The van der Waals surface area contributed by atoms with Gasteiger partial charge in [0.15, 0.2) is 0 Å². The highest BCUT2D eigenvalue weighted by atomic mass is 16.2. The molecule has 2 fully saturated rings. The molecule has 0 aromatic heterocycles. The van der Waals surface area contributed by atoms with E-state index in [1.807, 2.05) is 0 Å². The van der Waals surface area contributed by atoms with Gasteiger partial charge in [0.05, 0.1) is 11.7 Å². The molecule has 2 rings (SSSR count). The van der Waals surface area contributed by atoms with Gasteiger partial charge in [0.2, 0.25) is 5.91 Å². The maximum atomic E-state index is 12.8. The van der Waals surface area contributed by atoms with Crippen LogP contribution in [-0.2, 0) is 4.79 Å². The molecule has 110 valence electrons. The zero-order valence-corrected chi connectivity index (χ0v) is 13.2. The first-order valence-electron chi connectivity index (χ1n) is 8.03. The third-order valence-corrected chi connectivity index (χ3v) is 5.59. The molecule has 3 nitrogen and oxygen atoms in total. The zero-order valence-electron chi connectivity index (χ0n) is 13.2. The van der Waals surface area contributed by atoms with Gasteiger partial charge >= 0.3 is 0 Å². The molecule has 0 radical (unpaired) electrons. The van der Waals surface area contributed by atoms with Crippen molar-refractivity contribution < 1.29 is 4.79 Å². The van der Waals surface area contributed by atoms with Gasteiger partial charge < -0.3 is 4.90 Å². The molecule has 1 saturated heterocycles. The summed E-state index contributed by atoms with van der Waals surface area (Å²) in [4.78, 5) is 15.0. The molecule has 5 unspecified atom stereocenters. The van der Waals surface area contributed by atoms with E-state index < -0.39 is 0 Å². The van der Waals surface area contributed by atoms with Gasteiger partial charge in [-0.3, -0.25) is 10.1 Å². The molecule has 0 aromatic rings. The standard InChI is InChI=1S/C16H30N2O/c1-6-14-17-16(5,7-2)15(19)18(14)13-9-8-11(3)12(4)10-13/h11-14,17H,6-10H2,1-5H3. The molecule has 1 aliphatic heterocycles. The minimum absolute atomic E-state index is 0.239. The Morgan fingerprint density at radius 2 is 1.95 bits per heavy atom. The fourth-order valence-electron chi connectivity index (χ4n) is 3.67. The summed E-state index contributed by atoms with van der Waals surface area (Å²) in [6.07, 6.45) is 5.72. The van der Waals surface area contributed by atoms with E-state index in [-0.39, 0.29) is 11.7 Å². The van der Waals surface area contributed by atoms with Gasteiger partial charge in [-0.2, -0.15) is 0 Å². The molecule has 1 saturated carbocycles. The van der Waals surface area contributed by atoms with Crippen molar-refractivity contribution in [2.24, 2.45) is 11.8 Å². The minimum atomic E-state index is -0.340. The lowest BCUT2D eigenvalue weighted by Gasteiger charge is -2.39. The number of nitrogens with zero attached hydrogens (tertiary/aromatic N) is 1. The minimum Gasteiger partial charge on any atom is -0.323 e. The number of rotatable bonds is 3. The second-order valence-electron chi connectivity index (χ2n) is 6.89. The molecule has 1 heterocycles. The molecule has 0 bridgehead atoms. The number of amides is 1. The summed E-state index contributed by atoms with van der Waals surface area (Å²) in [5, 5.41) is 3.57. The quantitative estimate of drug-likeness (QED) is 0.851. The molecule has 3 heteroatoms. The van der Waals surface area contributed by atoms with Crippen molar-refractivity contribution in [1.29, 1.82) is 0 Å². The van der Waals surface area contributed by atoms with Crippen LogP contribution in [0.15, 0.2) is 0 Å². The predicted molar refractivity (Wildman–Crippen MR) is 78.7 cm³/mol. The van der Waals surface area contributed by atoms with E-state index >= 15 is 0 Å². The fraction of sp³-hybridized carbons (Fsp3) is 0.938. The smallest absolute Gasteiger partial charge is 0.244 e. The number of hydrogen-bond acceptors (Lipinski definition) is 2. The summed E-state index contributed by atoms with van der Waals surface area (Å²) in [7, 11) is 0. The topological polar surface area (TPSA) is 32.3 Å². The number of hydrogen-bond donors (Lipinski definition) is 1. The van der Waals surface area contributed by atoms with Crippen LogP contribution >= 0.6 is 0 Å². The van der Waals surface area contributed by atoms with E-state index in [1.165, 1.54) is 19.3 Å². The molecule has 1 aliphatic carbocycles. The Hall–Kier alpha value is -0.570. The number of carbonyl (C=O) groups excluding carboxylic acids is 1. The van der Waals surface area contributed by atoms with Gasteiger partial charge in [0.1, 0.15) is 0 Å². The second-order valence-corrected chi connectivity index (χ2v) is 6.89. The summed E-state index contributed by atoms with van der Waals surface area (Å²) in [5.74, 6) is 1.87. The third kappa shape index (κ3) is 2.54. The van der Waals surface area contributed by atoms with Crippen LogP contribution in [0.4, 0.5) is 0 Å². The van der Waals surface area contributed by atoms with Gasteiger partial charge in [0, 0.05) is 6.04 Å². The van der Waals surface area contributed by atoms with E-state index in [2.05, 4.69) is 44.8 Å². The van der Waals surface area contributed by atoms with E-state index in [4.69, 9.17) is 0 Å². The molecule has 0 aromatic carbocycles. The summed E-state index contributed by atoms with van der Waals surface area (Å²) < 4.78 is 0. The first-order chi connectivity index (χ1) is 8.92. The zero-order chi connectivity index (χ0) is 14.2. The van der Waals surface area contributed by atoms with E-state index in [0.717, 1.165) is 24.7 Å². The first-order valence-corrected chi connectivity index (χ1v) is 8.03. The van der Waals surface area contributed by atoms with Crippen molar-refractivity contribution in [2.45, 2.75) is 84.5 Å². The SMILES string of the molecule is CCC1NC(C)(CC)C(=O)N1C1CCC(C)C(C)C1. The van der Waals surface area contributed by atoms with Crippen LogP contribution in [0.3, 0.4) is 0 Å². The van der Waals surface area contributed by atoms with Gasteiger partial charge in [-0.1, -0.05) is 27.7 Å². The monoisotopic (exact) mass is 266 g/mol. The van der Waals surface area contributed by atoms with Crippen LogP contribution in [0, 0.1) is 11.8 Å². The van der Waals surface area contributed by atoms with Crippen LogP contribution in [0.1, 0.15) is 66.7 Å². The molecule has 1 N–H and O–H groups in total. The fourth-order valence-corrected chi connectivity index (χ4v) is 3.67. The number of nitrogens with one attached hydrogen (secondary N) is 1. The second kappa shape index (κ2) is 5.43. The lowest BCUT2D eigenvalue weighted by molar-refractivity contribution is -0.136. The van der Waals surface area contributed by atoms with Gasteiger partial charge in [-0.15, -0.1) is 0 Å². The largest absolute Gasteiger partial charge is 0.323 e. The molecular weight excluding hydrogens is 236 g/mol. The maximum absolute atomic E-state index is 12.8. The van der Waals surface area contributed by atoms with Crippen LogP contribution in [0.2, 0.25) is 0 Å². The summed E-state index contributed by atoms with van der Waals surface area (Å²) >= 11 is 0. The summed E-state index contributed by atoms with van der Waals surface area (Å²) in [5.41, 5.74) is -0.340. The Morgan fingerprint density at radius 1 is 1.26 bits per heavy atom. The Balaban J connectivity index is 2.16. The van der Waals surface area contributed by atoms with Crippen molar-refractivity contribution in [3.63, 3.8) is 0 Å². The summed E-state index contributed by atoms with van der Waals surface area (Å²) in [6, 6.07) is 0.449. The van der Waals surface area contributed by atoms with Gasteiger partial charge in [-0.05, 0) is 50.9 Å². The van der Waals surface area contributed by atoms with Crippen molar-refractivity contribution in [3.8, 4) is 0 Å². The lowest BCUT2D eigenvalue weighted by Crippen LogP contribution is -2.47. The molecule has 19 heavy (non-hydrogen) atoms. The maximum Gasteiger partial charge on any atom is 0.244 e. The van der Waals surface area contributed by atoms with E-state index in [9.17, 15) is 4.79 Å².